The summed E-state index contributed by atoms with van der Waals surface area (Å²) in [5, 5.41) is 16.4. The van der Waals surface area contributed by atoms with Crippen LogP contribution in [0.3, 0.4) is 0 Å². The van der Waals surface area contributed by atoms with E-state index in [9.17, 15) is 9.90 Å². The van der Waals surface area contributed by atoms with Gasteiger partial charge in [-0.2, -0.15) is 5.10 Å². The Morgan fingerprint density at radius 1 is 1.15 bits per heavy atom. The lowest BCUT2D eigenvalue weighted by Gasteiger charge is -2.25. The second-order valence-electron chi connectivity index (χ2n) is 6.57. The molecular weight excluding hydrogens is 328 g/mol. The first-order valence-electron chi connectivity index (χ1n) is 8.71. The minimum Gasteiger partial charge on any atom is -0.508 e. The van der Waals surface area contributed by atoms with E-state index >= 15 is 0 Å². The maximum absolute atomic E-state index is 13.0. The lowest BCUT2D eigenvalue weighted by molar-refractivity contribution is 0.0735. The summed E-state index contributed by atoms with van der Waals surface area (Å²) >= 11 is 0. The number of phenols is 1. The molecule has 3 aromatic rings. The molecule has 1 saturated heterocycles. The van der Waals surface area contributed by atoms with Gasteiger partial charge in [0.05, 0.1) is 6.04 Å². The highest BCUT2D eigenvalue weighted by Crippen LogP contribution is 2.34. The van der Waals surface area contributed by atoms with Crippen molar-refractivity contribution in [3.8, 4) is 17.1 Å². The van der Waals surface area contributed by atoms with E-state index in [1.807, 2.05) is 48.2 Å². The van der Waals surface area contributed by atoms with E-state index in [-0.39, 0.29) is 17.7 Å². The van der Waals surface area contributed by atoms with Gasteiger partial charge in [0.15, 0.2) is 5.82 Å². The minimum atomic E-state index is 0.0262. The molecule has 132 valence electrons. The maximum Gasteiger partial charge on any atom is 0.254 e. The van der Waals surface area contributed by atoms with Gasteiger partial charge in [0, 0.05) is 17.7 Å². The summed E-state index contributed by atoms with van der Waals surface area (Å²) in [6.07, 6.45) is 1.91. The van der Waals surface area contributed by atoms with Crippen LogP contribution in [0.25, 0.3) is 11.4 Å². The van der Waals surface area contributed by atoms with Crippen molar-refractivity contribution in [1.82, 2.24) is 20.1 Å². The Morgan fingerprint density at radius 2 is 1.88 bits per heavy atom. The number of hydrogen-bond donors (Lipinski definition) is 2. The second-order valence-corrected chi connectivity index (χ2v) is 6.57. The highest BCUT2D eigenvalue weighted by molar-refractivity contribution is 5.95. The van der Waals surface area contributed by atoms with Crippen LogP contribution in [0.2, 0.25) is 0 Å². The zero-order valence-corrected chi connectivity index (χ0v) is 14.5. The van der Waals surface area contributed by atoms with E-state index in [0.717, 1.165) is 36.3 Å². The standard InChI is InChI=1S/C20H20N4O2/c1-13-21-19(23-22-13)15-4-6-16(7-5-15)20(26)24-12-2-3-18(24)14-8-10-17(25)11-9-14/h4-11,18,25H,2-3,12H2,1H3,(H,21,22,23). The Balaban J connectivity index is 1.55. The van der Waals surface area contributed by atoms with E-state index < -0.39 is 0 Å². The zero-order chi connectivity index (χ0) is 18.1. The average molecular weight is 348 g/mol. The van der Waals surface area contributed by atoms with Crippen LogP contribution in [0.4, 0.5) is 0 Å². The molecule has 2 aromatic carbocycles. The van der Waals surface area contributed by atoms with E-state index in [0.29, 0.717) is 11.4 Å². The SMILES string of the molecule is Cc1nc(-c2ccc(C(=O)N3CCCC3c3ccc(O)cc3)cc2)n[nH]1. The third kappa shape index (κ3) is 3.06. The van der Waals surface area contributed by atoms with Gasteiger partial charge in [-0.15, -0.1) is 0 Å². The number of hydrogen-bond acceptors (Lipinski definition) is 4. The number of likely N-dealkylation sites (tertiary alicyclic amines) is 1. The highest BCUT2D eigenvalue weighted by atomic mass is 16.3. The number of nitrogens with zero attached hydrogens (tertiary/aromatic N) is 3. The molecule has 1 fully saturated rings. The summed E-state index contributed by atoms with van der Waals surface area (Å²) in [5.74, 6) is 1.65. The van der Waals surface area contributed by atoms with Crippen molar-refractivity contribution in [3.05, 3.63) is 65.5 Å². The Hall–Kier alpha value is -3.15. The van der Waals surface area contributed by atoms with Crippen LogP contribution in [0, 0.1) is 6.92 Å². The van der Waals surface area contributed by atoms with Crippen molar-refractivity contribution in [2.75, 3.05) is 6.54 Å². The molecule has 1 unspecified atom stereocenters. The summed E-state index contributed by atoms with van der Waals surface area (Å²) < 4.78 is 0. The molecule has 26 heavy (non-hydrogen) atoms. The average Bonchev–Trinajstić information content (AvgIpc) is 3.31. The number of H-pyrrole nitrogens is 1. The monoisotopic (exact) mass is 348 g/mol. The first-order chi connectivity index (χ1) is 12.6. The summed E-state index contributed by atoms with van der Waals surface area (Å²) in [7, 11) is 0. The third-order valence-corrected chi connectivity index (χ3v) is 4.78. The fraction of sp³-hybridized carbons (Fsp3) is 0.250. The Labute approximate surface area is 151 Å². The topological polar surface area (TPSA) is 82.1 Å². The van der Waals surface area contributed by atoms with Gasteiger partial charge in [0.1, 0.15) is 11.6 Å². The molecule has 0 saturated carbocycles. The normalized spacial score (nSPS) is 16.8. The highest BCUT2D eigenvalue weighted by Gasteiger charge is 2.30. The van der Waals surface area contributed by atoms with E-state index in [1.165, 1.54) is 0 Å². The van der Waals surface area contributed by atoms with Gasteiger partial charge in [-0.3, -0.25) is 9.89 Å². The van der Waals surface area contributed by atoms with Gasteiger partial charge < -0.3 is 10.0 Å². The molecule has 2 heterocycles. The molecule has 0 radical (unpaired) electrons. The lowest BCUT2D eigenvalue weighted by atomic mass is 10.0. The first-order valence-corrected chi connectivity index (χ1v) is 8.71. The minimum absolute atomic E-state index is 0.0262. The number of nitrogens with one attached hydrogen (secondary N) is 1. The second kappa shape index (κ2) is 6.63. The predicted molar refractivity (Wildman–Crippen MR) is 97.7 cm³/mol. The molecule has 1 atom stereocenters. The largest absolute Gasteiger partial charge is 0.508 e. The number of carbonyl (C=O) groups is 1. The van der Waals surface area contributed by atoms with Gasteiger partial charge in [-0.05, 0) is 49.6 Å². The summed E-state index contributed by atoms with van der Waals surface area (Å²) in [6, 6.07) is 14.6. The molecule has 1 aromatic heterocycles. The molecule has 1 aliphatic rings. The molecule has 1 amide bonds. The number of phenolic OH excluding ortho intramolecular Hbond substituents is 1. The van der Waals surface area contributed by atoms with Crippen LogP contribution in [0.15, 0.2) is 48.5 Å². The first kappa shape index (κ1) is 16.3. The predicted octanol–water partition coefficient (Wildman–Crippen LogP) is 3.46. The summed E-state index contributed by atoms with van der Waals surface area (Å²) in [4.78, 5) is 19.2. The van der Waals surface area contributed by atoms with Gasteiger partial charge in [0.2, 0.25) is 0 Å². The number of aryl methyl sites for hydroxylation is 1. The smallest absolute Gasteiger partial charge is 0.254 e. The van der Waals surface area contributed by atoms with Crippen LogP contribution >= 0.6 is 0 Å². The van der Waals surface area contributed by atoms with Crippen molar-refractivity contribution < 1.29 is 9.90 Å². The van der Waals surface area contributed by atoms with Gasteiger partial charge in [-0.25, -0.2) is 4.98 Å². The van der Waals surface area contributed by atoms with Crippen LogP contribution < -0.4 is 0 Å². The number of benzene rings is 2. The van der Waals surface area contributed by atoms with Gasteiger partial charge >= 0.3 is 0 Å². The molecule has 6 heteroatoms. The Morgan fingerprint density at radius 3 is 2.54 bits per heavy atom. The van der Waals surface area contributed by atoms with Crippen LogP contribution in [0.1, 0.15) is 40.6 Å². The van der Waals surface area contributed by atoms with Crippen molar-refractivity contribution in [2.24, 2.45) is 0 Å². The molecule has 1 aliphatic heterocycles. The molecule has 4 rings (SSSR count). The summed E-state index contributed by atoms with van der Waals surface area (Å²) in [5.41, 5.74) is 2.59. The van der Waals surface area contributed by atoms with Crippen molar-refractivity contribution >= 4 is 5.91 Å². The fourth-order valence-electron chi connectivity index (χ4n) is 3.45. The Bertz CT molecular complexity index is 916. The zero-order valence-electron chi connectivity index (χ0n) is 14.5. The Kier molecular flexibility index (Phi) is 4.16. The number of aromatic nitrogens is 3. The van der Waals surface area contributed by atoms with E-state index in [1.54, 1.807) is 12.1 Å². The number of aromatic amines is 1. The van der Waals surface area contributed by atoms with Crippen molar-refractivity contribution in [3.63, 3.8) is 0 Å². The van der Waals surface area contributed by atoms with Gasteiger partial charge in [0.25, 0.3) is 5.91 Å². The van der Waals surface area contributed by atoms with Crippen molar-refractivity contribution in [1.29, 1.82) is 0 Å². The van der Waals surface area contributed by atoms with E-state index in [2.05, 4.69) is 15.2 Å². The molecule has 0 spiro atoms. The van der Waals surface area contributed by atoms with Crippen LogP contribution in [0.5, 0.6) is 5.75 Å². The van der Waals surface area contributed by atoms with Crippen molar-refractivity contribution in [2.45, 2.75) is 25.8 Å². The summed E-state index contributed by atoms with van der Waals surface area (Å²) in [6.45, 7) is 2.59. The number of amides is 1. The number of carbonyl (C=O) groups excluding carboxylic acids is 1. The molecular formula is C20H20N4O2. The molecule has 0 bridgehead atoms. The number of aromatic hydroxyl groups is 1. The van der Waals surface area contributed by atoms with Crippen LogP contribution in [-0.2, 0) is 0 Å². The lowest BCUT2D eigenvalue weighted by Crippen LogP contribution is -2.30. The van der Waals surface area contributed by atoms with E-state index in [4.69, 9.17) is 0 Å². The molecule has 6 nitrogen and oxygen atoms in total. The molecule has 0 aliphatic carbocycles. The maximum atomic E-state index is 13.0. The number of rotatable bonds is 3. The third-order valence-electron chi connectivity index (χ3n) is 4.78. The fourth-order valence-corrected chi connectivity index (χ4v) is 3.45. The molecule has 2 N–H and O–H groups in total. The van der Waals surface area contributed by atoms with Crippen LogP contribution in [-0.4, -0.2) is 37.6 Å². The van der Waals surface area contributed by atoms with Gasteiger partial charge in [-0.1, -0.05) is 24.3 Å². The quantitative estimate of drug-likeness (QED) is 0.759.